The van der Waals surface area contributed by atoms with Gasteiger partial charge in [-0.3, -0.25) is 0 Å². The number of benzene rings is 1. The van der Waals surface area contributed by atoms with Crippen molar-refractivity contribution in [3.63, 3.8) is 0 Å². The van der Waals surface area contributed by atoms with Gasteiger partial charge in [-0.05, 0) is 24.6 Å². The van der Waals surface area contributed by atoms with Crippen LogP contribution >= 0.6 is 0 Å². The second kappa shape index (κ2) is 6.59. The molecule has 96 valence electrons. The lowest BCUT2D eigenvalue weighted by molar-refractivity contribution is 0.132. The smallest absolute Gasteiger partial charge is 0.0940 e. The monoisotopic (exact) mass is 238 g/mol. The molecule has 1 aromatic rings. The summed E-state index contributed by atoms with van der Waals surface area (Å²) in [6.07, 6.45) is -0.558. The maximum absolute atomic E-state index is 10.1. The molecule has 17 heavy (non-hydrogen) atoms. The summed E-state index contributed by atoms with van der Waals surface area (Å²) in [5, 5.41) is 21.9. The van der Waals surface area contributed by atoms with E-state index in [-0.39, 0.29) is 12.6 Å². The quantitative estimate of drug-likeness (QED) is 0.685. The average Bonchev–Trinajstić information content (AvgIpc) is 2.35. The fourth-order valence-corrected chi connectivity index (χ4v) is 1.66. The van der Waals surface area contributed by atoms with E-state index in [1.165, 1.54) is 0 Å². The van der Waals surface area contributed by atoms with Crippen LogP contribution in [-0.2, 0) is 0 Å². The maximum Gasteiger partial charge on any atom is 0.0940 e. The van der Waals surface area contributed by atoms with Crippen LogP contribution in [0.1, 0.15) is 18.6 Å². The standard InChI is InChI=1S/C13H22N2O2/c1-10(14-8-9-16)13(17)11-4-6-12(7-5-11)15(2)3/h4-7,10,13-14,16-17H,8-9H2,1-3H3. The Morgan fingerprint density at radius 3 is 2.29 bits per heavy atom. The Morgan fingerprint density at radius 1 is 1.24 bits per heavy atom. The number of hydrogen-bond acceptors (Lipinski definition) is 4. The summed E-state index contributed by atoms with van der Waals surface area (Å²) in [5.41, 5.74) is 1.99. The van der Waals surface area contributed by atoms with Crippen LogP contribution in [0.3, 0.4) is 0 Å². The first-order valence-electron chi connectivity index (χ1n) is 5.86. The van der Waals surface area contributed by atoms with E-state index < -0.39 is 6.10 Å². The maximum atomic E-state index is 10.1. The van der Waals surface area contributed by atoms with Crippen molar-refractivity contribution in [2.24, 2.45) is 0 Å². The SMILES string of the molecule is CC(NCCO)C(O)c1ccc(N(C)C)cc1. The van der Waals surface area contributed by atoms with E-state index in [1.54, 1.807) is 0 Å². The van der Waals surface area contributed by atoms with Gasteiger partial charge in [-0.1, -0.05) is 12.1 Å². The Hall–Kier alpha value is -1.10. The molecule has 0 saturated carbocycles. The Bertz CT molecular complexity index is 325. The van der Waals surface area contributed by atoms with E-state index >= 15 is 0 Å². The zero-order valence-corrected chi connectivity index (χ0v) is 10.7. The minimum atomic E-state index is -0.558. The molecule has 0 saturated heterocycles. The Morgan fingerprint density at radius 2 is 1.82 bits per heavy atom. The predicted octanol–water partition coefficient (Wildman–Crippen LogP) is 0.756. The van der Waals surface area contributed by atoms with Gasteiger partial charge in [0.15, 0.2) is 0 Å². The molecular weight excluding hydrogens is 216 g/mol. The van der Waals surface area contributed by atoms with E-state index in [4.69, 9.17) is 5.11 Å². The van der Waals surface area contributed by atoms with Gasteiger partial charge in [0.05, 0.1) is 12.7 Å². The van der Waals surface area contributed by atoms with E-state index in [2.05, 4.69) is 5.32 Å². The van der Waals surface area contributed by atoms with Crippen molar-refractivity contribution < 1.29 is 10.2 Å². The minimum Gasteiger partial charge on any atom is -0.395 e. The van der Waals surface area contributed by atoms with Gasteiger partial charge in [0.2, 0.25) is 0 Å². The van der Waals surface area contributed by atoms with Crippen molar-refractivity contribution in [1.82, 2.24) is 5.32 Å². The normalized spacial score (nSPS) is 14.4. The lowest BCUT2D eigenvalue weighted by atomic mass is 10.0. The van der Waals surface area contributed by atoms with Gasteiger partial charge in [0.1, 0.15) is 0 Å². The molecule has 0 aliphatic heterocycles. The molecule has 3 N–H and O–H groups in total. The van der Waals surface area contributed by atoms with Gasteiger partial charge in [0.25, 0.3) is 0 Å². The van der Waals surface area contributed by atoms with Gasteiger partial charge in [0, 0.05) is 32.4 Å². The van der Waals surface area contributed by atoms with Crippen LogP contribution in [0.5, 0.6) is 0 Å². The summed E-state index contributed by atoms with van der Waals surface area (Å²) in [7, 11) is 3.97. The van der Waals surface area contributed by atoms with Gasteiger partial charge in [-0.2, -0.15) is 0 Å². The van der Waals surface area contributed by atoms with Crippen LogP contribution in [-0.4, -0.2) is 43.5 Å². The molecule has 0 aliphatic rings. The summed E-state index contributed by atoms with van der Waals surface area (Å²) in [6.45, 7) is 2.48. The molecule has 4 nitrogen and oxygen atoms in total. The summed E-state index contributed by atoms with van der Waals surface area (Å²) >= 11 is 0. The number of aliphatic hydroxyl groups is 2. The molecule has 2 unspecified atom stereocenters. The first-order valence-corrected chi connectivity index (χ1v) is 5.86. The number of nitrogens with one attached hydrogen (secondary N) is 1. The zero-order chi connectivity index (χ0) is 12.8. The van der Waals surface area contributed by atoms with Gasteiger partial charge in [-0.15, -0.1) is 0 Å². The molecule has 0 amide bonds. The third-order valence-corrected chi connectivity index (χ3v) is 2.80. The number of anilines is 1. The Labute approximate surface area is 103 Å². The van der Waals surface area contributed by atoms with Crippen molar-refractivity contribution in [1.29, 1.82) is 0 Å². The molecule has 0 fully saturated rings. The largest absolute Gasteiger partial charge is 0.395 e. The highest BCUT2D eigenvalue weighted by molar-refractivity contribution is 5.46. The summed E-state index contributed by atoms with van der Waals surface area (Å²) in [6, 6.07) is 7.75. The first-order chi connectivity index (χ1) is 8.06. The summed E-state index contributed by atoms with van der Waals surface area (Å²) in [5.74, 6) is 0. The van der Waals surface area contributed by atoms with E-state index in [9.17, 15) is 5.11 Å². The van der Waals surface area contributed by atoms with E-state index in [1.807, 2.05) is 50.2 Å². The predicted molar refractivity (Wildman–Crippen MR) is 70.3 cm³/mol. The van der Waals surface area contributed by atoms with Crippen LogP contribution in [0.2, 0.25) is 0 Å². The molecule has 0 bridgehead atoms. The highest BCUT2D eigenvalue weighted by atomic mass is 16.3. The molecule has 2 atom stereocenters. The third-order valence-electron chi connectivity index (χ3n) is 2.80. The molecule has 0 radical (unpaired) electrons. The molecule has 0 aliphatic carbocycles. The highest BCUT2D eigenvalue weighted by Crippen LogP contribution is 2.20. The van der Waals surface area contributed by atoms with E-state index in [0.29, 0.717) is 6.54 Å². The van der Waals surface area contributed by atoms with Crippen molar-refractivity contribution in [3.05, 3.63) is 29.8 Å². The van der Waals surface area contributed by atoms with Crippen molar-refractivity contribution in [2.45, 2.75) is 19.1 Å². The van der Waals surface area contributed by atoms with Crippen LogP contribution in [0.25, 0.3) is 0 Å². The second-order valence-corrected chi connectivity index (χ2v) is 4.40. The van der Waals surface area contributed by atoms with Crippen LogP contribution in [0, 0.1) is 0 Å². The Kier molecular flexibility index (Phi) is 5.41. The topological polar surface area (TPSA) is 55.7 Å². The molecule has 0 heterocycles. The average molecular weight is 238 g/mol. The zero-order valence-electron chi connectivity index (χ0n) is 10.7. The van der Waals surface area contributed by atoms with Crippen molar-refractivity contribution in [2.75, 3.05) is 32.1 Å². The molecule has 0 spiro atoms. The van der Waals surface area contributed by atoms with E-state index in [0.717, 1.165) is 11.3 Å². The number of nitrogens with zero attached hydrogens (tertiary/aromatic N) is 1. The fourth-order valence-electron chi connectivity index (χ4n) is 1.66. The molecule has 1 aromatic carbocycles. The van der Waals surface area contributed by atoms with Gasteiger partial charge in [-0.25, -0.2) is 0 Å². The Balaban J connectivity index is 2.65. The first kappa shape index (κ1) is 14.0. The van der Waals surface area contributed by atoms with Crippen LogP contribution < -0.4 is 10.2 Å². The van der Waals surface area contributed by atoms with Crippen LogP contribution in [0.15, 0.2) is 24.3 Å². The number of aliphatic hydroxyl groups excluding tert-OH is 2. The highest BCUT2D eigenvalue weighted by Gasteiger charge is 2.15. The minimum absolute atomic E-state index is 0.0765. The molecule has 1 rings (SSSR count). The second-order valence-electron chi connectivity index (χ2n) is 4.40. The van der Waals surface area contributed by atoms with Crippen molar-refractivity contribution in [3.8, 4) is 0 Å². The lowest BCUT2D eigenvalue weighted by Gasteiger charge is -2.21. The number of hydrogen-bond donors (Lipinski definition) is 3. The van der Waals surface area contributed by atoms with Gasteiger partial charge < -0.3 is 20.4 Å². The molecular formula is C13H22N2O2. The number of rotatable bonds is 6. The lowest BCUT2D eigenvalue weighted by Crippen LogP contribution is -2.34. The van der Waals surface area contributed by atoms with Crippen LogP contribution in [0.4, 0.5) is 5.69 Å². The fraction of sp³-hybridized carbons (Fsp3) is 0.538. The van der Waals surface area contributed by atoms with Crippen molar-refractivity contribution >= 4 is 5.69 Å². The summed E-state index contributed by atoms with van der Waals surface area (Å²) in [4.78, 5) is 2.02. The summed E-state index contributed by atoms with van der Waals surface area (Å²) < 4.78 is 0. The third kappa shape index (κ3) is 4.00. The molecule has 4 heteroatoms. The molecule has 0 aromatic heterocycles. The van der Waals surface area contributed by atoms with Gasteiger partial charge >= 0.3 is 0 Å².